The molecule has 2 aliphatic rings. The fraction of sp³-hybridized carbons (Fsp3) is 0.478. The molecule has 4 rings (SSSR count). The van der Waals surface area contributed by atoms with Gasteiger partial charge < -0.3 is 19.5 Å². The van der Waals surface area contributed by atoms with Crippen LogP contribution in [0.3, 0.4) is 0 Å². The minimum absolute atomic E-state index is 0.215. The van der Waals surface area contributed by atoms with E-state index in [4.69, 9.17) is 9.47 Å². The lowest BCUT2D eigenvalue weighted by molar-refractivity contribution is -0.0231. The number of aliphatic hydroxyl groups excluding tert-OH is 1. The van der Waals surface area contributed by atoms with E-state index in [0.29, 0.717) is 17.6 Å². The van der Waals surface area contributed by atoms with Gasteiger partial charge in [-0.15, -0.1) is 0 Å². The number of hydrogen-bond donors (Lipinski definition) is 1. The van der Waals surface area contributed by atoms with Crippen molar-refractivity contribution in [2.45, 2.75) is 31.5 Å². The molecule has 1 aliphatic heterocycles. The predicted molar refractivity (Wildman–Crippen MR) is 106 cm³/mol. The van der Waals surface area contributed by atoms with E-state index >= 15 is 0 Å². The van der Waals surface area contributed by atoms with Gasteiger partial charge >= 0.3 is 0 Å². The first kappa shape index (κ1) is 19.2. The fourth-order valence-electron chi connectivity index (χ4n) is 4.48. The highest BCUT2D eigenvalue weighted by Gasteiger charge is 2.42. The van der Waals surface area contributed by atoms with E-state index in [1.54, 1.807) is 12.1 Å². The Labute approximate surface area is 165 Å². The van der Waals surface area contributed by atoms with E-state index in [2.05, 4.69) is 4.90 Å². The molecule has 2 aromatic carbocycles. The summed E-state index contributed by atoms with van der Waals surface area (Å²) in [6.07, 6.45) is 1.93. The molecule has 1 N–H and O–H groups in total. The number of nitrogens with zero attached hydrogens (tertiary/aromatic N) is 1. The van der Waals surface area contributed by atoms with Gasteiger partial charge in [-0.3, -0.25) is 0 Å². The number of aliphatic hydroxyl groups is 1. The minimum atomic E-state index is -0.465. The molecule has 1 saturated heterocycles. The molecule has 0 aromatic heterocycles. The molecule has 150 valence electrons. The van der Waals surface area contributed by atoms with Gasteiger partial charge in [-0.1, -0.05) is 18.2 Å². The highest BCUT2D eigenvalue weighted by Crippen LogP contribution is 2.38. The van der Waals surface area contributed by atoms with Crippen LogP contribution < -0.4 is 9.47 Å². The number of likely N-dealkylation sites (tertiary alicyclic amines) is 1. The molecular weight excluding hydrogens is 357 g/mol. The van der Waals surface area contributed by atoms with E-state index < -0.39 is 6.10 Å². The molecule has 2 fully saturated rings. The number of hydrogen-bond acceptors (Lipinski definition) is 4. The van der Waals surface area contributed by atoms with Crippen LogP contribution in [-0.2, 0) is 0 Å². The Kier molecular flexibility index (Phi) is 6.13. The Morgan fingerprint density at radius 1 is 0.929 bits per heavy atom. The Morgan fingerprint density at radius 2 is 1.64 bits per heavy atom. The predicted octanol–water partition coefficient (Wildman–Crippen LogP) is 3.74. The van der Waals surface area contributed by atoms with Crippen LogP contribution in [-0.4, -0.2) is 48.5 Å². The number of halogens is 1. The van der Waals surface area contributed by atoms with Crippen molar-refractivity contribution in [1.29, 1.82) is 0 Å². The van der Waals surface area contributed by atoms with Crippen molar-refractivity contribution in [3.8, 4) is 11.5 Å². The Hall–Kier alpha value is -2.11. The van der Waals surface area contributed by atoms with Crippen molar-refractivity contribution in [2.75, 3.05) is 26.2 Å². The summed E-state index contributed by atoms with van der Waals surface area (Å²) < 4.78 is 24.8. The van der Waals surface area contributed by atoms with E-state index in [0.717, 1.165) is 51.3 Å². The molecule has 0 spiro atoms. The fourth-order valence-corrected chi connectivity index (χ4v) is 4.48. The maximum absolute atomic E-state index is 13.1. The zero-order valence-electron chi connectivity index (χ0n) is 16.0. The van der Waals surface area contributed by atoms with Crippen LogP contribution in [0.2, 0.25) is 0 Å². The van der Waals surface area contributed by atoms with Crippen LogP contribution >= 0.6 is 0 Å². The monoisotopic (exact) mass is 385 g/mol. The van der Waals surface area contributed by atoms with Crippen molar-refractivity contribution in [2.24, 2.45) is 11.8 Å². The van der Waals surface area contributed by atoms with Gasteiger partial charge in [0.2, 0.25) is 0 Å². The van der Waals surface area contributed by atoms with E-state index in [-0.39, 0.29) is 11.9 Å². The molecule has 28 heavy (non-hydrogen) atoms. The highest BCUT2D eigenvalue weighted by atomic mass is 19.1. The second kappa shape index (κ2) is 8.93. The van der Waals surface area contributed by atoms with Crippen LogP contribution in [0.1, 0.15) is 19.3 Å². The van der Waals surface area contributed by atoms with Crippen LogP contribution in [0.25, 0.3) is 0 Å². The first-order valence-electron chi connectivity index (χ1n) is 10.2. The third-order valence-corrected chi connectivity index (χ3v) is 5.89. The normalized spacial score (nSPS) is 27.4. The number of rotatable bonds is 7. The zero-order chi connectivity index (χ0) is 19.3. The lowest BCUT2D eigenvalue weighted by atomic mass is 9.78. The van der Waals surface area contributed by atoms with Gasteiger partial charge in [-0.05, 0) is 67.5 Å². The van der Waals surface area contributed by atoms with Crippen molar-refractivity contribution >= 4 is 0 Å². The first-order valence-corrected chi connectivity index (χ1v) is 10.2. The largest absolute Gasteiger partial charge is 0.494 e. The summed E-state index contributed by atoms with van der Waals surface area (Å²) in [7, 11) is 0. The molecule has 0 unspecified atom stereocenters. The van der Waals surface area contributed by atoms with Crippen molar-refractivity contribution < 1.29 is 19.0 Å². The Bertz CT molecular complexity index is 739. The number of benzene rings is 2. The molecule has 2 aromatic rings. The average molecular weight is 385 g/mol. The van der Waals surface area contributed by atoms with Gasteiger partial charge in [0.05, 0.1) is 12.7 Å². The van der Waals surface area contributed by atoms with Crippen molar-refractivity contribution in [3.05, 3.63) is 60.4 Å². The van der Waals surface area contributed by atoms with Gasteiger partial charge in [0.15, 0.2) is 0 Å². The quantitative estimate of drug-likeness (QED) is 0.737. The lowest BCUT2D eigenvalue weighted by Crippen LogP contribution is -2.42. The van der Waals surface area contributed by atoms with Gasteiger partial charge in [0.25, 0.3) is 0 Å². The van der Waals surface area contributed by atoms with Crippen molar-refractivity contribution in [3.63, 3.8) is 0 Å². The topological polar surface area (TPSA) is 41.9 Å². The maximum atomic E-state index is 13.1. The SMILES string of the molecule is O[C@@H]1C[C@H]2CN(CCCOc3ccccc3)C[C@H]2C[C@H]1Oc1ccc(F)cc1. The molecular formula is C23H28FNO3. The molecule has 4 atom stereocenters. The third-order valence-electron chi connectivity index (χ3n) is 5.89. The summed E-state index contributed by atoms with van der Waals surface area (Å²) in [6.45, 7) is 3.82. The lowest BCUT2D eigenvalue weighted by Gasteiger charge is -2.35. The van der Waals surface area contributed by atoms with Crippen molar-refractivity contribution in [1.82, 2.24) is 4.90 Å². The van der Waals surface area contributed by atoms with Gasteiger partial charge in [0, 0.05) is 19.6 Å². The zero-order valence-corrected chi connectivity index (χ0v) is 16.0. The standard InChI is InChI=1S/C23H28FNO3/c24-19-7-9-21(10-8-19)28-23-14-18-16-25(15-17(18)13-22(23)26)11-4-12-27-20-5-2-1-3-6-20/h1-3,5-10,17-18,22-23,26H,4,11-16H2/t17-,18+,22+,23+/m0/s1. The highest BCUT2D eigenvalue weighted by molar-refractivity contribution is 5.23. The van der Waals surface area contributed by atoms with Crippen LogP contribution in [0.5, 0.6) is 11.5 Å². The van der Waals surface area contributed by atoms with Gasteiger partial charge in [-0.2, -0.15) is 0 Å². The molecule has 4 nitrogen and oxygen atoms in total. The molecule has 0 radical (unpaired) electrons. The van der Waals surface area contributed by atoms with Gasteiger partial charge in [0.1, 0.15) is 23.4 Å². The first-order chi connectivity index (χ1) is 13.7. The van der Waals surface area contributed by atoms with Crippen LogP contribution in [0.4, 0.5) is 4.39 Å². The molecule has 1 heterocycles. The van der Waals surface area contributed by atoms with Gasteiger partial charge in [-0.25, -0.2) is 4.39 Å². The third kappa shape index (κ3) is 4.83. The Balaban J connectivity index is 1.23. The van der Waals surface area contributed by atoms with Crippen LogP contribution in [0.15, 0.2) is 54.6 Å². The van der Waals surface area contributed by atoms with Crippen LogP contribution in [0, 0.1) is 17.7 Å². The number of fused-ring (bicyclic) bond motifs is 1. The molecule has 5 heteroatoms. The smallest absolute Gasteiger partial charge is 0.125 e. The molecule has 1 aliphatic carbocycles. The van der Waals surface area contributed by atoms with E-state index in [1.165, 1.54) is 12.1 Å². The van der Waals surface area contributed by atoms with E-state index in [1.807, 2.05) is 30.3 Å². The second-order valence-electron chi connectivity index (χ2n) is 7.94. The summed E-state index contributed by atoms with van der Waals surface area (Å²) in [5.41, 5.74) is 0. The number of para-hydroxylation sites is 1. The van der Waals surface area contributed by atoms with E-state index in [9.17, 15) is 9.50 Å². The number of ether oxygens (including phenoxy) is 2. The summed E-state index contributed by atoms with van der Waals surface area (Å²) in [5.74, 6) is 2.33. The summed E-state index contributed by atoms with van der Waals surface area (Å²) >= 11 is 0. The summed E-state index contributed by atoms with van der Waals surface area (Å²) in [6, 6.07) is 15.9. The summed E-state index contributed by atoms with van der Waals surface area (Å²) in [5, 5.41) is 10.5. The Morgan fingerprint density at radius 3 is 2.39 bits per heavy atom. The maximum Gasteiger partial charge on any atom is 0.125 e. The molecule has 0 bridgehead atoms. The molecule has 1 saturated carbocycles. The summed E-state index contributed by atoms with van der Waals surface area (Å²) in [4.78, 5) is 2.48. The minimum Gasteiger partial charge on any atom is -0.494 e. The molecule has 0 amide bonds. The average Bonchev–Trinajstić information content (AvgIpc) is 3.09. The second-order valence-corrected chi connectivity index (χ2v) is 7.94.